The van der Waals surface area contributed by atoms with Crippen LogP contribution in [0.4, 0.5) is 0 Å². The molecule has 0 amide bonds. The molecule has 1 nitrogen and oxygen atoms in total. The molecule has 1 aliphatic carbocycles. The van der Waals surface area contributed by atoms with Gasteiger partial charge in [0, 0.05) is 6.04 Å². The summed E-state index contributed by atoms with van der Waals surface area (Å²) in [6, 6.07) is 1.01. The van der Waals surface area contributed by atoms with Gasteiger partial charge in [0.25, 0.3) is 0 Å². The molecule has 1 saturated carbocycles. The van der Waals surface area contributed by atoms with Crippen LogP contribution in [0.2, 0.25) is 0 Å². The van der Waals surface area contributed by atoms with Crippen LogP contribution < -0.4 is 0 Å². The van der Waals surface area contributed by atoms with Crippen molar-refractivity contribution in [3.05, 3.63) is 0 Å². The Kier molecular flexibility index (Phi) is 1.52. The second kappa shape index (κ2) is 2.47. The van der Waals surface area contributed by atoms with E-state index in [0.717, 1.165) is 23.8 Å². The first-order valence-corrected chi connectivity index (χ1v) is 5.60. The molecule has 0 spiro atoms. The van der Waals surface area contributed by atoms with E-state index in [0.29, 0.717) is 0 Å². The van der Waals surface area contributed by atoms with Crippen molar-refractivity contribution in [2.45, 2.75) is 38.6 Å². The highest BCUT2D eigenvalue weighted by atomic mass is 15.2. The topological polar surface area (TPSA) is 3.24 Å². The highest BCUT2D eigenvalue weighted by molar-refractivity contribution is 5.00. The minimum atomic E-state index is 1.01. The lowest BCUT2D eigenvalue weighted by atomic mass is 9.72. The molecule has 0 N–H and O–H groups in total. The van der Waals surface area contributed by atoms with Gasteiger partial charge in [-0.15, -0.1) is 0 Å². The standard InChI is InChI=1S/C11H19N/c1-8-2-3-10-11(8)9-4-6-12(10)7-5-9/h8-11H,2-7H2,1H3. The van der Waals surface area contributed by atoms with E-state index in [4.69, 9.17) is 0 Å². The molecule has 0 aromatic carbocycles. The molecule has 0 radical (unpaired) electrons. The maximum Gasteiger partial charge on any atom is 0.0129 e. The van der Waals surface area contributed by atoms with E-state index >= 15 is 0 Å². The average molecular weight is 165 g/mol. The zero-order chi connectivity index (χ0) is 8.13. The molecule has 1 heteroatoms. The summed E-state index contributed by atoms with van der Waals surface area (Å²) in [6.45, 7) is 5.31. The Balaban J connectivity index is 1.89. The zero-order valence-corrected chi connectivity index (χ0v) is 8.00. The van der Waals surface area contributed by atoms with E-state index in [1.54, 1.807) is 0 Å². The van der Waals surface area contributed by atoms with Crippen LogP contribution in [0.15, 0.2) is 0 Å². The number of hydrogen-bond donors (Lipinski definition) is 0. The van der Waals surface area contributed by atoms with Gasteiger partial charge in [-0.25, -0.2) is 0 Å². The molecule has 4 aliphatic rings. The minimum absolute atomic E-state index is 1.01. The molecular formula is C11H19N. The van der Waals surface area contributed by atoms with Crippen LogP contribution in [-0.4, -0.2) is 24.0 Å². The molecule has 3 saturated heterocycles. The Morgan fingerprint density at radius 2 is 1.75 bits per heavy atom. The fourth-order valence-corrected chi connectivity index (χ4v) is 4.04. The first-order chi connectivity index (χ1) is 5.86. The maximum atomic E-state index is 2.77. The first kappa shape index (κ1) is 7.37. The Morgan fingerprint density at radius 1 is 1.00 bits per heavy atom. The normalized spacial score (nSPS) is 57.2. The van der Waals surface area contributed by atoms with E-state index < -0.39 is 0 Å². The van der Waals surface area contributed by atoms with Gasteiger partial charge in [-0.1, -0.05) is 6.92 Å². The summed E-state index contributed by atoms with van der Waals surface area (Å²) in [6.07, 6.45) is 6.02. The van der Waals surface area contributed by atoms with Crippen LogP contribution in [-0.2, 0) is 0 Å². The second-order valence-electron chi connectivity index (χ2n) is 5.07. The Morgan fingerprint density at radius 3 is 2.42 bits per heavy atom. The molecule has 3 heterocycles. The van der Waals surface area contributed by atoms with Crippen LogP contribution in [0, 0.1) is 17.8 Å². The number of nitrogens with zero attached hydrogens (tertiary/aromatic N) is 1. The second-order valence-corrected chi connectivity index (χ2v) is 5.07. The minimum Gasteiger partial charge on any atom is -0.300 e. The fraction of sp³-hybridized carbons (Fsp3) is 1.00. The lowest BCUT2D eigenvalue weighted by molar-refractivity contribution is -0.00564. The molecular weight excluding hydrogens is 146 g/mol. The van der Waals surface area contributed by atoms with Gasteiger partial charge >= 0.3 is 0 Å². The molecule has 0 aromatic heterocycles. The zero-order valence-electron chi connectivity index (χ0n) is 8.00. The summed E-state index contributed by atoms with van der Waals surface area (Å²) in [7, 11) is 0. The Labute approximate surface area is 75.1 Å². The monoisotopic (exact) mass is 165 g/mol. The largest absolute Gasteiger partial charge is 0.300 e. The van der Waals surface area contributed by atoms with Gasteiger partial charge in [0.2, 0.25) is 0 Å². The SMILES string of the molecule is CC1CCC2C1C1CCN2CC1. The van der Waals surface area contributed by atoms with Crippen LogP contribution in [0.5, 0.6) is 0 Å². The summed E-state index contributed by atoms with van der Waals surface area (Å²) in [5.41, 5.74) is 0. The van der Waals surface area contributed by atoms with Crippen molar-refractivity contribution >= 4 is 0 Å². The molecule has 2 bridgehead atoms. The molecule has 3 atom stereocenters. The summed E-state index contributed by atoms with van der Waals surface area (Å²) >= 11 is 0. The summed E-state index contributed by atoms with van der Waals surface area (Å²) < 4.78 is 0. The fourth-order valence-electron chi connectivity index (χ4n) is 4.04. The number of fused-ring (bicyclic) bond motifs is 2. The predicted octanol–water partition coefficient (Wildman–Crippen LogP) is 2.13. The van der Waals surface area contributed by atoms with E-state index in [1.165, 1.54) is 38.8 Å². The molecule has 4 rings (SSSR count). The lowest BCUT2D eigenvalue weighted by Crippen LogP contribution is -2.53. The van der Waals surface area contributed by atoms with Gasteiger partial charge < -0.3 is 4.90 Å². The van der Waals surface area contributed by atoms with Gasteiger partial charge in [-0.2, -0.15) is 0 Å². The Bertz CT molecular complexity index is 181. The van der Waals surface area contributed by atoms with Crippen molar-refractivity contribution in [3.63, 3.8) is 0 Å². The molecule has 3 aliphatic heterocycles. The first-order valence-electron chi connectivity index (χ1n) is 5.60. The van der Waals surface area contributed by atoms with Crippen molar-refractivity contribution in [2.75, 3.05) is 13.1 Å². The van der Waals surface area contributed by atoms with E-state index in [9.17, 15) is 0 Å². The maximum absolute atomic E-state index is 2.77. The molecule has 4 fully saturated rings. The van der Waals surface area contributed by atoms with Crippen molar-refractivity contribution < 1.29 is 0 Å². The van der Waals surface area contributed by atoms with Crippen molar-refractivity contribution in [1.29, 1.82) is 0 Å². The van der Waals surface area contributed by atoms with Crippen LogP contribution >= 0.6 is 0 Å². The van der Waals surface area contributed by atoms with Crippen molar-refractivity contribution in [1.82, 2.24) is 4.90 Å². The molecule has 3 unspecified atom stereocenters. The van der Waals surface area contributed by atoms with Gasteiger partial charge in [-0.05, 0) is 56.5 Å². The number of piperidine rings is 3. The lowest BCUT2D eigenvalue weighted by Gasteiger charge is -2.49. The number of hydrogen-bond acceptors (Lipinski definition) is 1. The van der Waals surface area contributed by atoms with Gasteiger partial charge in [-0.3, -0.25) is 0 Å². The van der Waals surface area contributed by atoms with Gasteiger partial charge in [0.05, 0.1) is 0 Å². The highest BCUT2D eigenvalue weighted by Crippen LogP contribution is 2.48. The predicted molar refractivity (Wildman–Crippen MR) is 50.0 cm³/mol. The van der Waals surface area contributed by atoms with Crippen molar-refractivity contribution in [2.24, 2.45) is 17.8 Å². The Hall–Kier alpha value is -0.0400. The summed E-state index contributed by atoms with van der Waals surface area (Å²) in [5.74, 6) is 3.23. The average Bonchev–Trinajstić information content (AvgIpc) is 2.53. The smallest absolute Gasteiger partial charge is 0.0129 e. The molecule has 12 heavy (non-hydrogen) atoms. The van der Waals surface area contributed by atoms with E-state index in [2.05, 4.69) is 11.8 Å². The summed E-state index contributed by atoms with van der Waals surface area (Å²) in [5, 5.41) is 0. The number of rotatable bonds is 0. The van der Waals surface area contributed by atoms with E-state index in [-0.39, 0.29) is 0 Å². The third-order valence-electron chi connectivity index (χ3n) is 4.61. The van der Waals surface area contributed by atoms with Gasteiger partial charge in [0.1, 0.15) is 0 Å². The van der Waals surface area contributed by atoms with Gasteiger partial charge in [0.15, 0.2) is 0 Å². The van der Waals surface area contributed by atoms with Crippen LogP contribution in [0.3, 0.4) is 0 Å². The molecule has 0 aromatic rings. The van der Waals surface area contributed by atoms with Crippen LogP contribution in [0.1, 0.15) is 32.6 Å². The van der Waals surface area contributed by atoms with E-state index in [1.807, 2.05) is 0 Å². The molecule has 68 valence electrons. The highest BCUT2D eigenvalue weighted by Gasteiger charge is 2.47. The van der Waals surface area contributed by atoms with Crippen LogP contribution in [0.25, 0.3) is 0 Å². The van der Waals surface area contributed by atoms with Crippen molar-refractivity contribution in [3.8, 4) is 0 Å². The summed E-state index contributed by atoms with van der Waals surface area (Å²) in [4.78, 5) is 2.77. The third-order valence-corrected chi connectivity index (χ3v) is 4.61. The third kappa shape index (κ3) is 0.834. The quantitative estimate of drug-likeness (QED) is 0.531.